The highest BCUT2D eigenvalue weighted by Gasteiger charge is 2.49. The molecule has 1 fully saturated rings. The van der Waals surface area contributed by atoms with Crippen molar-refractivity contribution in [2.75, 3.05) is 11.9 Å². The molecular weight excluding hydrogens is 437 g/mol. The zero-order chi connectivity index (χ0) is 23.9. The molecule has 4 aromatic rings. The molecule has 1 aliphatic heterocycles. The number of rotatable bonds is 5. The number of H-pyrrole nitrogens is 1. The maximum atomic E-state index is 13.5. The molecule has 8 nitrogen and oxygen atoms in total. The molecule has 3 N–H and O–H groups in total. The minimum absolute atomic E-state index is 0.366. The Kier molecular flexibility index (Phi) is 5.09. The monoisotopic (exact) mass is 457 g/mol. The molecule has 1 saturated heterocycles. The van der Waals surface area contributed by atoms with Crippen LogP contribution < -0.4 is 10.6 Å². The number of hydrogen-bond donors (Lipinski definition) is 3. The highest BCUT2D eigenvalue weighted by Crippen LogP contribution is 2.29. The first-order valence-corrected chi connectivity index (χ1v) is 10.6. The Labute approximate surface area is 193 Å². The number of carbonyl (C=O) groups excluding carboxylic acids is 3. The number of nitrogens with one attached hydrogen (secondary N) is 3. The van der Waals surface area contributed by atoms with Gasteiger partial charge >= 0.3 is 6.03 Å². The molecular formula is C25H20FN5O3. The van der Waals surface area contributed by atoms with E-state index in [-0.39, 0.29) is 5.82 Å². The van der Waals surface area contributed by atoms with Crippen LogP contribution in [0.15, 0.2) is 72.8 Å². The second-order valence-corrected chi connectivity index (χ2v) is 8.19. The van der Waals surface area contributed by atoms with E-state index in [4.69, 9.17) is 0 Å². The Balaban J connectivity index is 1.31. The number of imide groups is 1. The van der Waals surface area contributed by atoms with Gasteiger partial charge in [0.25, 0.3) is 5.91 Å². The van der Waals surface area contributed by atoms with Crippen LogP contribution in [0.2, 0.25) is 0 Å². The van der Waals surface area contributed by atoms with Gasteiger partial charge in [0, 0.05) is 11.3 Å². The summed E-state index contributed by atoms with van der Waals surface area (Å²) in [5, 5.41) is 5.39. The van der Waals surface area contributed by atoms with Gasteiger partial charge in [-0.2, -0.15) is 0 Å². The fourth-order valence-electron chi connectivity index (χ4n) is 4.01. The van der Waals surface area contributed by atoms with Gasteiger partial charge in [0.15, 0.2) is 0 Å². The third-order valence-electron chi connectivity index (χ3n) is 5.79. The highest BCUT2D eigenvalue weighted by atomic mass is 19.1. The normalized spacial score (nSPS) is 17.8. The molecule has 0 radical (unpaired) electrons. The standard InChI is InChI=1S/C25H20FN5O3/c1-25(16-7-3-2-4-8-16)23(33)31(24(34)30-25)14-21(32)27-18-10-11-19-20(13-18)29-22(28-19)15-6-5-9-17(26)12-15/h2-13H,14H2,1H3,(H,27,32)(H,28,29)(H,30,34). The van der Waals surface area contributed by atoms with Crippen molar-refractivity contribution < 1.29 is 18.8 Å². The van der Waals surface area contributed by atoms with E-state index in [1.165, 1.54) is 12.1 Å². The molecule has 1 atom stereocenters. The number of aromatic nitrogens is 2. The molecule has 3 aromatic carbocycles. The summed E-state index contributed by atoms with van der Waals surface area (Å²) in [6.07, 6.45) is 0. The van der Waals surface area contributed by atoms with Crippen molar-refractivity contribution in [3.05, 3.63) is 84.2 Å². The van der Waals surface area contributed by atoms with Crippen LogP contribution in [0.5, 0.6) is 0 Å². The van der Waals surface area contributed by atoms with Crippen LogP contribution in [-0.2, 0) is 15.1 Å². The van der Waals surface area contributed by atoms with Gasteiger partial charge < -0.3 is 15.6 Å². The van der Waals surface area contributed by atoms with Crippen LogP contribution in [0.25, 0.3) is 22.4 Å². The number of imidazole rings is 1. The average Bonchev–Trinajstić information content (AvgIpc) is 3.34. The SMILES string of the molecule is CC1(c2ccccc2)NC(=O)N(CC(=O)Nc2ccc3nc(-c4cccc(F)c4)[nH]c3c2)C1=O. The van der Waals surface area contributed by atoms with Gasteiger partial charge in [0.1, 0.15) is 23.7 Å². The van der Waals surface area contributed by atoms with Crippen LogP contribution in [0.1, 0.15) is 12.5 Å². The highest BCUT2D eigenvalue weighted by molar-refractivity contribution is 6.10. The van der Waals surface area contributed by atoms with Crippen molar-refractivity contribution in [1.29, 1.82) is 0 Å². The van der Waals surface area contributed by atoms with Crippen LogP contribution in [-0.4, -0.2) is 39.3 Å². The summed E-state index contributed by atoms with van der Waals surface area (Å²) in [7, 11) is 0. The van der Waals surface area contributed by atoms with E-state index in [0.717, 1.165) is 4.90 Å². The Morgan fingerprint density at radius 1 is 1.06 bits per heavy atom. The molecule has 1 aliphatic rings. The minimum Gasteiger partial charge on any atom is -0.338 e. The maximum absolute atomic E-state index is 13.5. The van der Waals surface area contributed by atoms with E-state index in [1.807, 2.05) is 6.07 Å². The van der Waals surface area contributed by atoms with Gasteiger partial charge in [-0.05, 0) is 42.8 Å². The summed E-state index contributed by atoms with van der Waals surface area (Å²) in [5.74, 6) is -0.889. The van der Waals surface area contributed by atoms with Gasteiger partial charge in [-0.1, -0.05) is 42.5 Å². The Bertz CT molecular complexity index is 1440. The Morgan fingerprint density at radius 3 is 2.62 bits per heavy atom. The molecule has 170 valence electrons. The summed E-state index contributed by atoms with van der Waals surface area (Å²) in [6, 6.07) is 19.4. The predicted octanol–water partition coefficient (Wildman–Crippen LogP) is 3.77. The number of aromatic amines is 1. The summed E-state index contributed by atoms with van der Waals surface area (Å²) in [4.78, 5) is 46.6. The molecule has 5 rings (SSSR count). The van der Waals surface area contributed by atoms with Gasteiger partial charge in [-0.3, -0.25) is 14.5 Å². The van der Waals surface area contributed by atoms with Gasteiger partial charge in [0.05, 0.1) is 11.0 Å². The van der Waals surface area contributed by atoms with E-state index in [2.05, 4.69) is 20.6 Å². The molecule has 0 saturated carbocycles. The van der Waals surface area contributed by atoms with E-state index in [9.17, 15) is 18.8 Å². The van der Waals surface area contributed by atoms with Gasteiger partial charge in [-0.15, -0.1) is 0 Å². The summed E-state index contributed by atoms with van der Waals surface area (Å²) in [5.41, 5.74) is 1.75. The third kappa shape index (κ3) is 3.77. The lowest BCUT2D eigenvalue weighted by atomic mass is 9.92. The van der Waals surface area contributed by atoms with Gasteiger partial charge in [0.2, 0.25) is 5.91 Å². The number of benzene rings is 3. The zero-order valence-corrected chi connectivity index (χ0v) is 18.1. The van der Waals surface area contributed by atoms with Crippen LogP contribution in [0.3, 0.4) is 0 Å². The van der Waals surface area contributed by atoms with Gasteiger partial charge in [-0.25, -0.2) is 14.2 Å². The fraction of sp³-hybridized carbons (Fsp3) is 0.120. The topological polar surface area (TPSA) is 107 Å². The minimum atomic E-state index is -1.24. The number of anilines is 1. The lowest BCUT2D eigenvalue weighted by Crippen LogP contribution is -2.42. The number of fused-ring (bicyclic) bond motifs is 1. The number of carbonyl (C=O) groups is 3. The van der Waals surface area contributed by atoms with Crippen LogP contribution in [0, 0.1) is 5.82 Å². The maximum Gasteiger partial charge on any atom is 0.325 e. The molecule has 2 heterocycles. The van der Waals surface area contributed by atoms with Crippen molar-refractivity contribution in [2.24, 2.45) is 0 Å². The van der Waals surface area contributed by atoms with Crippen LogP contribution >= 0.6 is 0 Å². The van der Waals surface area contributed by atoms with Crippen molar-refractivity contribution in [3.8, 4) is 11.4 Å². The lowest BCUT2D eigenvalue weighted by molar-refractivity contribution is -0.133. The predicted molar refractivity (Wildman–Crippen MR) is 124 cm³/mol. The number of hydrogen-bond acceptors (Lipinski definition) is 4. The second-order valence-electron chi connectivity index (χ2n) is 8.19. The molecule has 0 bridgehead atoms. The number of halogens is 1. The van der Waals surface area contributed by atoms with Crippen molar-refractivity contribution in [3.63, 3.8) is 0 Å². The van der Waals surface area contributed by atoms with Crippen LogP contribution in [0.4, 0.5) is 14.9 Å². The molecule has 0 spiro atoms. The first-order chi connectivity index (χ1) is 16.3. The Hall–Kier alpha value is -4.53. The molecule has 9 heteroatoms. The fourth-order valence-corrected chi connectivity index (χ4v) is 4.01. The van der Waals surface area contributed by atoms with E-state index in [1.54, 1.807) is 61.5 Å². The summed E-state index contributed by atoms with van der Waals surface area (Å²) < 4.78 is 13.5. The second kappa shape index (κ2) is 8.11. The first kappa shape index (κ1) is 21.3. The summed E-state index contributed by atoms with van der Waals surface area (Å²) in [6.45, 7) is 1.19. The number of urea groups is 1. The molecule has 34 heavy (non-hydrogen) atoms. The third-order valence-corrected chi connectivity index (χ3v) is 5.79. The van der Waals surface area contributed by atoms with E-state index in [0.29, 0.717) is 33.7 Å². The zero-order valence-electron chi connectivity index (χ0n) is 18.1. The van der Waals surface area contributed by atoms with Crippen molar-refractivity contribution in [2.45, 2.75) is 12.5 Å². The number of amides is 4. The van der Waals surface area contributed by atoms with Crippen molar-refractivity contribution in [1.82, 2.24) is 20.2 Å². The van der Waals surface area contributed by atoms with E-state index < -0.39 is 29.9 Å². The molecule has 0 aliphatic carbocycles. The van der Waals surface area contributed by atoms with E-state index >= 15 is 0 Å². The largest absolute Gasteiger partial charge is 0.338 e. The molecule has 1 unspecified atom stereocenters. The molecule has 1 aromatic heterocycles. The Morgan fingerprint density at radius 2 is 1.85 bits per heavy atom. The average molecular weight is 457 g/mol. The number of nitrogens with zero attached hydrogens (tertiary/aromatic N) is 2. The smallest absolute Gasteiger partial charge is 0.325 e. The quantitative estimate of drug-likeness (QED) is 0.397. The first-order valence-electron chi connectivity index (χ1n) is 10.6. The lowest BCUT2D eigenvalue weighted by Gasteiger charge is -2.22. The molecule has 4 amide bonds. The van der Waals surface area contributed by atoms with Crippen molar-refractivity contribution >= 4 is 34.6 Å². The summed E-state index contributed by atoms with van der Waals surface area (Å²) >= 11 is 0.